The van der Waals surface area contributed by atoms with Crippen LogP contribution < -0.4 is 11.1 Å². The van der Waals surface area contributed by atoms with Gasteiger partial charge in [0.05, 0.1) is 12.7 Å². The second-order valence-corrected chi connectivity index (χ2v) is 4.73. The highest BCUT2D eigenvalue weighted by atomic mass is 16.5. The number of nitrogens with one attached hydrogen (secondary N) is 1. The molecule has 1 saturated carbocycles. The third-order valence-corrected chi connectivity index (χ3v) is 3.19. The highest BCUT2D eigenvalue weighted by Crippen LogP contribution is 2.19. The van der Waals surface area contributed by atoms with E-state index in [1.165, 1.54) is 32.1 Å². The van der Waals surface area contributed by atoms with Crippen molar-refractivity contribution in [2.24, 2.45) is 5.73 Å². The van der Waals surface area contributed by atoms with Crippen molar-refractivity contribution in [1.29, 1.82) is 0 Å². The Labute approximate surface area is 104 Å². The summed E-state index contributed by atoms with van der Waals surface area (Å²) in [7, 11) is 0. The van der Waals surface area contributed by atoms with Gasteiger partial charge in [-0.25, -0.2) is 0 Å². The van der Waals surface area contributed by atoms with E-state index in [-0.39, 0.29) is 5.91 Å². The molecule has 0 atom stereocenters. The molecule has 0 saturated heterocycles. The quantitative estimate of drug-likeness (QED) is 0.635. The molecule has 4 nitrogen and oxygen atoms in total. The van der Waals surface area contributed by atoms with Gasteiger partial charge in [0.1, 0.15) is 0 Å². The van der Waals surface area contributed by atoms with Crippen LogP contribution in [0.1, 0.15) is 51.4 Å². The Morgan fingerprint density at radius 1 is 1.24 bits per heavy atom. The standard InChI is InChI=1S/C13H26N2O2/c14-9-5-4-8-13(16)15-10-11-17-12-6-2-1-3-7-12/h12H,1-11,14H2,(H,15,16). The van der Waals surface area contributed by atoms with Crippen LogP contribution in [0.2, 0.25) is 0 Å². The molecular formula is C13H26N2O2. The lowest BCUT2D eigenvalue weighted by Gasteiger charge is -2.21. The van der Waals surface area contributed by atoms with Gasteiger partial charge in [0, 0.05) is 13.0 Å². The summed E-state index contributed by atoms with van der Waals surface area (Å²) in [5.41, 5.74) is 5.37. The van der Waals surface area contributed by atoms with Crippen LogP contribution in [0.15, 0.2) is 0 Å². The van der Waals surface area contributed by atoms with Gasteiger partial charge in [-0.05, 0) is 32.2 Å². The molecule has 0 aliphatic heterocycles. The van der Waals surface area contributed by atoms with Crippen LogP contribution in [-0.2, 0) is 9.53 Å². The van der Waals surface area contributed by atoms with Crippen LogP contribution in [0.3, 0.4) is 0 Å². The fraction of sp³-hybridized carbons (Fsp3) is 0.923. The summed E-state index contributed by atoms with van der Waals surface area (Å²) in [4.78, 5) is 11.4. The van der Waals surface area contributed by atoms with Crippen LogP contribution in [0.25, 0.3) is 0 Å². The fourth-order valence-corrected chi connectivity index (χ4v) is 2.17. The normalized spacial score (nSPS) is 17.0. The molecule has 0 aromatic heterocycles. The molecule has 17 heavy (non-hydrogen) atoms. The zero-order chi connectivity index (χ0) is 12.3. The van der Waals surface area contributed by atoms with Gasteiger partial charge in [-0.3, -0.25) is 4.79 Å². The van der Waals surface area contributed by atoms with Crippen molar-refractivity contribution in [2.75, 3.05) is 19.7 Å². The maximum atomic E-state index is 11.4. The first-order valence-corrected chi connectivity index (χ1v) is 6.91. The number of carbonyl (C=O) groups excluding carboxylic acids is 1. The second kappa shape index (κ2) is 9.42. The average Bonchev–Trinajstić information content (AvgIpc) is 2.36. The van der Waals surface area contributed by atoms with E-state index in [2.05, 4.69) is 5.32 Å². The maximum Gasteiger partial charge on any atom is 0.220 e. The van der Waals surface area contributed by atoms with Crippen molar-refractivity contribution in [2.45, 2.75) is 57.5 Å². The lowest BCUT2D eigenvalue weighted by atomic mass is 9.98. The predicted octanol–water partition coefficient (Wildman–Crippen LogP) is 1.58. The molecule has 4 heteroatoms. The summed E-state index contributed by atoms with van der Waals surface area (Å²) in [6, 6.07) is 0. The average molecular weight is 242 g/mol. The van der Waals surface area contributed by atoms with E-state index in [0.29, 0.717) is 32.2 Å². The smallest absolute Gasteiger partial charge is 0.220 e. The minimum absolute atomic E-state index is 0.116. The number of amides is 1. The van der Waals surface area contributed by atoms with Gasteiger partial charge in [-0.1, -0.05) is 19.3 Å². The Morgan fingerprint density at radius 2 is 2.00 bits per heavy atom. The third kappa shape index (κ3) is 7.34. The van der Waals surface area contributed by atoms with Crippen LogP contribution in [-0.4, -0.2) is 31.7 Å². The first-order chi connectivity index (χ1) is 8.33. The minimum Gasteiger partial charge on any atom is -0.376 e. The molecule has 1 amide bonds. The predicted molar refractivity (Wildman–Crippen MR) is 68.7 cm³/mol. The fourth-order valence-electron chi connectivity index (χ4n) is 2.17. The number of carbonyl (C=O) groups is 1. The van der Waals surface area contributed by atoms with Gasteiger partial charge < -0.3 is 15.8 Å². The van der Waals surface area contributed by atoms with E-state index in [0.717, 1.165) is 12.8 Å². The van der Waals surface area contributed by atoms with Crippen LogP contribution in [0, 0.1) is 0 Å². The summed E-state index contributed by atoms with van der Waals surface area (Å²) in [6.07, 6.45) is 9.11. The van der Waals surface area contributed by atoms with Crippen molar-refractivity contribution >= 4 is 5.91 Å². The Morgan fingerprint density at radius 3 is 2.71 bits per heavy atom. The van der Waals surface area contributed by atoms with Crippen LogP contribution in [0.4, 0.5) is 0 Å². The van der Waals surface area contributed by atoms with Gasteiger partial charge >= 0.3 is 0 Å². The van der Waals surface area contributed by atoms with E-state index in [1.807, 2.05) is 0 Å². The molecule has 0 aromatic carbocycles. The molecule has 0 heterocycles. The molecule has 1 aliphatic carbocycles. The first-order valence-electron chi connectivity index (χ1n) is 6.91. The zero-order valence-electron chi connectivity index (χ0n) is 10.7. The molecule has 0 radical (unpaired) electrons. The summed E-state index contributed by atoms with van der Waals surface area (Å²) in [5, 5.41) is 2.88. The van der Waals surface area contributed by atoms with Crippen molar-refractivity contribution in [3.8, 4) is 0 Å². The monoisotopic (exact) mass is 242 g/mol. The molecule has 0 bridgehead atoms. The van der Waals surface area contributed by atoms with E-state index < -0.39 is 0 Å². The van der Waals surface area contributed by atoms with Crippen molar-refractivity contribution < 1.29 is 9.53 Å². The molecule has 1 fully saturated rings. The number of ether oxygens (including phenoxy) is 1. The summed E-state index contributed by atoms with van der Waals surface area (Å²) >= 11 is 0. The number of hydrogen-bond donors (Lipinski definition) is 2. The van der Waals surface area contributed by atoms with Gasteiger partial charge in [0.2, 0.25) is 5.91 Å². The maximum absolute atomic E-state index is 11.4. The second-order valence-electron chi connectivity index (χ2n) is 4.73. The van der Waals surface area contributed by atoms with Crippen LogP contribution >= 0.6 is 0 Å². The highest BCUT2D eigenvalue weighted by Gasteiger charge is 2.13. The Bertz CT molecular complexity index is 204. The lowest BCUT2D eigenvalue weighted by molar-refractivity contribution is -0.121. The largest absolute Gasteiger partial charge is 0.376 e. The Kier molecular flexibility index (Phi) is 8.01. The van der Waals surface area contributed by atoms with Gasteiger partial charge in [-0.2, -0.15) is 0 Å². The van der Waals surface area contributed by atoms with E-state index in [1.54, 1.807) is 0 Å². The van der Waals surface area contributed by atoms with Gasteiger partial charge in [0.15, 0.2) is 0 Å². The summed E-state index contributed by atoms with van der Waals surface area (Å²) < 4.78 is 5.72. The highest BCUT2D eigenvalue weighted by molar-refractivity contribution is 5.75. The molecule has 1 aliphatic rings. The molecule has 0 aromatic rings. The number of hydrogen-bond acceptors (Lipinski definition) is 3. The first kappa shape index (κ1) is 14.5. The van der Waals surface area contributed by atoms with Crippen LogP contribution in [0.5, 0.6) is 0 Å². The van der Waals surface area contributed by atoms with E-state index in [9.17, 15) is 4.79 Å². The topological polar surface area (TPSA) is 64.4 Å². The Balaban J connectivity index is 1.90. The number of rotatable bonds is 8. The SMILES string of the molecule is NCCCCC(=O)NCCOC1CCCCC1. The number of nitrogens with two attached hydrogens (primary N) is 1. The molecule has 0 spiro atoms. The zero-order valence-corrected chi connectivity index (χ0v) is 10.7. The number of unbranched alkanes of at least 4 members (excludes halogenated alkanes) is 1. The third-order valence-electron chi connectivity index (χ3n) is 3.19. The molecular weight excluding hydrogens is 216 g/mol. The lowest BCUT2D eigenvalue weighted by Crippen LogP contribution is -2.29. The van der Waals surface area contributed by atoms with E-state index in [4.69, 9.17) is 10.5 Å². The minimum atomic E-state index is 0.116. The molecule has 1 rings (SSSR count). The van der Waals surface area contributed by atoms with Crippen molar-refractivity contribution in [3.63, 3.8) is 0 Å². The van der Waals surface area contributed by atoms with Crippen molar-refractivity contribution in [1.82, 2.24) is 5.32 Å². The molecule has 0 unspecified atom stereocenters. The van der Waals surface area contributed by atoms with Crippen molar-refractivity contribution in [3.05, 3.63) is 0 Å². The van der Waals surface area contributed by atoms with E-state index >= 15 is 0 Å². The summed E-state index contributed by atoms with van der Waals surface area (Å²) in [6.45, 7) is 1.95. The molecule has 3 N–H and O–H groups in total. The van der Waals surface area contributed by atoms with Gasteiger partial charge in [0.25, 0.3) is 0 Å². The van der Waals surface area contributed by atoms with Gasteiger partial charge in [-0.15, -0.1) is 0 Å². The Hall–Kier alpha value is -0.610. The molecule has 100 valence electrons. The summed E-state index contributed by atoms with van der Waals surface area (Å²) in [5.74, 6) is 0.116.